The minimum Gasteiger partial charge on any atom is -0.363 e. The standard InChI is InChI=1S/C8H16N2S6/c1-9(2)7(11)15-13-5-6-14-16-8(12)10(3)4/h5-6H2,1-4H3. The van der Waals surface area contributed by atoms with Gasteiger partial charge in [0.15, 0.2) is 0 Å². The molecule has 8 heteroatoms. The normalized spacial score (nSPS) is 10.0. The first kappa shape index (κ1) is 17.2. The van der Waals surface area contributed by atoms with Gasteiger partial charge in [0.2, 0.25) is 0 Å². The van der Waals surface area contributed by atoms with Crippen LogP contribution in [0, 0.1) is 0 Å². The third-order valence-electron chi connectivity index (χ3n) is 1.24. The predicted octanol–water partition coefficient (Wildman–Crippen LogP) is 3.44. The van der Waals surface area contributed by atoms with E-state index in [4.69, 9.17) is 24.4 Å². The van der Waals surface area contributed by atoms with Crippen LogP contribution >= 0.6 is 67.6 Å². The van der Waals surface area contributed by atoms with Gasteiger partial charge in [-0.2, -0.15) is 0 Å². The van der Waals surface area contributed by atoms with Gasteiger partial charge in [0.25, 0.3) is 0 Å². The van der Waals surface area contributed by atoms with Crippen molar-refractivity contribution in [2.45, 2.75) is 0 Å². The lowest BCUT2D eigenvalue weighted by Crippen LogP contribution is -2.15. The zero-order valence-electron chi connectivity index (χ0n) is 9.76. The molecule has 0 aromatic rings. The third kappa shape index (κ3) is 9.23. The van der Waals surface area contributed by atoms with Crippen molar-refractivity contribution in [3.8, 4) is 0 Å². The molecule has 0 aliphatic heterocycles. The van der Waals surface area contributed by atoms with Crippen LogP contribution in [0.25, 0.3) is 0 Å². The molecule has 0 aliphatic carbocycles. The maximum absolute atomic E-state index is 5.16. The van der Waals surface area contributed by atoms with Gasteiger partial charge in [0, 0.05) is 39.7 Å². The van der Waals surface area contributed by atoms with E-state index in [2.05, 4.69) is 0 Å². The van der Waals surface area contributed by atoms with Gasteiger partial charge in [-0.15, -0.1) is 0 Å². The van der Waals surface area contributed by atoms with Gasteiger partial charge in [-0.1, -0.05) is 46.0 Å². The van der Waals surface area contributed by atoms with Crippen LogP contribution in [-0.2, 0) is 0 Å². The molecule has 0 radical (unpaired) electrons. The molecule has 0 spiro atoms. The lowest BCUT2D eigenvalue weighted by Gasteiger charge is -2.12. The zero-order valence-corrected chi connectivity index (χ0v) is 14.7. The van der Waals surface area contributed by atoms with Crippen LogP contribution in [0.15, 0.2) is 0 Å². The van der Waals surface area contributed by atoms with E-state index in [0.29, 0.717) is 0 Å². The van der Waals surface area contributed by atoms with Gasteiger partial charge in [0.1, 0.15) is 8.64 Å². The van der Waals surface area contributed by atoms with Crippen molar-refractivity contribution in [2.24, 2.45) is 0 Å². The van der Waals surface area contributed by atoms with Crippen molar-refractivity contribution in [3.63, 3.8) is 0 Å². The average molecular weight is 333 g/mol. The van der Waals surface area contributed by atoms with Gasteiger partial charge in [-0.05, 0) is 21.6 Å². The van der Waals surface area contributed by atoms with E-state index in [1.54, 1.807) is 43.2 Å². The molecule has 0 amide bonds. The fourth-order valence-electron chi connectivity index (χ4n) is 0.401. The summed E-state index contributed by atoms with van der Waals surface area (Å²) >= 11 is 10.3. The van der Waals surface area contributed by atoms with Crippen LogP contribution in [0.5, 0.6) is 0 Å². The summed E-state index contributed by atoms with van der Waals surface area (Å²) in [5.41, 5.74) is 0. The van der Waals surface area contributed by atoms with E-state index in [1.165, 1.54) is 0 Å². The van der Waals surface area contributed by atoms with Crippen molar-refractivity contribution in [2.75, 3.05) is 39.7 Å². The maximum atomic E-state index is 5.16. The Morgan fingerprint density at radius 1 is 0.812 bits per heavy atom. The highest BCUT2D eigenvalue weighted by Crippen LogP contribution is 2.29. The Morgan fingerprint density at radius 2 is 1.12 bits per heavy atom. The molecule has 0 heterocycles. The summed E-state index contributed by atoms with van der Waals surface area (Å²) in [6.07, 6.45) is 0. The number of rotatable bonds is 5. The molecule has 0 fully saturated rings. The minimum absolute atomic E-state index is 0.923. The summed E-state index contributed by atoms with van der Waals surface area (Å²) < 4.78 is 1.85. The van der Waals surface area contributed by atoms with Crippen LogP contribution in [-0.4, -0.2) is 58.1 Å². The molecule has 94 valence electrons. The molecule has 0 aromatic carbocycles. The number of nitrogens with zero attached hydrogens (tertiary/aromatic N) is 2. The fraction of sp³-hybridized carbons (Fsp3) is 0.750. The van der Waals surface area contributed by atoms with E-state index < -0.39 is 0 Å². The van der Waals surface area contributed by atoms with Gasteiger partial charge >= 0.3 is 0 Å². The molecule has 0 aromatic heterocycles. The van der Waals surface area contributed by atoms with Crippen molar-refractivity contribution in [1.82, 2.24) is 9.80 Å². The number of hydrogen-bond donors (Lipinski definition) is 0. The molecule has 0 N–H and O–H groups in total. The smallest absolute Gasteiger partial charge is 0.146 e. The fourth-order valence-corrected chi connectivity index (χ4v) is 5.70. The second kappa shape index (κ2) is 10.1. The monoisotopic (exact) mass is 332 g/mol. The SMILES string of the molecule is CN(C)C(=S)SSCCSSC(=S)N(C)C. The van der Waals surface area contributed by atoms with E-state index in [-0.39, 0.29) is 0 Å². The van der Waals surface area contributed by atoms with Crippen LogP contribution in [0.2, 0.25) is 0 Å². The molecule has 2 nitrogen and oxygen atoms in total. The summed E-state index contributed by atoms with van der Waals surface area (Å²) in [6, 6.07) is 0. The van der Waals surface area contributed by atoms with Crippen LogP contribution < -0.4 is 0 Å². The topological polar surface area (TPSA) is 6.48 Å². The van der Waals surface area contributed by atoms with Crippen LogP contribution in [0.1, 0.15) is 0 Å². The molecular formula is C8H16N2S6. The quantitative estimate of drug-likeness (QED) is 0.424. The molecule has 0 atom stereocenters. The first-order chi connectivity index (χ1) is 7.45. The molecular weight excluding hydrogens is 317 g/mol. The summed E-state index contributed by atoms with van der Waals surface area (Å²) in [5.74, 6) is 2.15. The summed E-state index contributed by atoms with van der Waals surface area (Å²) in [4.78, 5) is 3.91. The molecule has 0 saturated heterocycles. The Morgan fingerprint density at radius 3 is 1.38 bits per heavy atom. The highest BCUT2D eigenvalue weighted by molar-refractivity contribution is 8.85. The summed E-state index contributed by atoms with van der Waals surface area (Å²) in [7, 11) is 14.8. The summed E-state index contributed by atoms with van der Waals surface area (Å²) in [5, 5.41) is 0. The molecule has 16 heavy (non-hydrogen) atoms. The van der Waals surface area contributed by atoms with Crippen LogP contribution in [0.3, 0.4) is 0 Å². The highest BCUT2D eigenvalue weighted by Gasteiger charge is 2.02. The van der Waals surface area contributed by atoms with E-state index in [1.807, 2.05) is 38.0 Å². The number of hydrogen-bond acceptors (Lipinski definition) is 6. The van der Waals surface area contributed by atoms with Crippen molar-refractivity contribution in [1.29, 1.82) is 0 Å². The van der Waals surface area contributed by atoms with Gasteiger partial charge < -0.3 is 9.80 Å². The minimum atomic E-state index is 0.923. The highest BCUT2D eigenvalue weighted by atomic mass is 33.1. The van der Waals surface area contributed by atoms with E-state index in [0.717, 1.165) is 20.1 Å². The maximum Gasteiger partial charge on any atom is 0.146 e. The molecule has 0 bridgehead atoms. The summed E-state index contributed by atoms with van der Waals surface area (Å²) in [6.45, 7) is 0. The Kier molecular flexibility index (Phi) is 10.9. The average Bonchev–Trinajstić information content (AvgIpc) is 2.21. The van der Waals surface area contributed by atoms with Gasteiger partial charge in [-0.3, -0.25) is 0 Å². The molecule has 0 unspecified atom stereocenters. The van der Waals surface area contributed by atoms with Gasteiger partial charge in [0.05, 0.1) is 0 Å². The zero-order chi connectivity index (χ0) is 12.6. The Bertz CT molecular complexity index is 207. The second-order valence-electron chi connectivity index (χ2n) is 3.13. The molecule has 0 rings (SSSR count). The first-order valence-electron chi connectivity index (χ1n) is 4.46. The van der Waals surface area contributed by atoms with Crippen molar-refractivity contribution >= 4 is 76.3 Å². The second-order valence-corrected chi connectivity index (χ2v) is 9.23. The molecule has 0 saturated carbocycles. The largest absolute Gasteiger partial charge is 0.363 e. The third-order valence-corrected chi connectivity index (χ3v) is 8.01. The Balaban J connectivity index is 3.35. The first-order valence-corrected chi connectivity index (χ1v) is 9.92. The van der Waals surface area contributed by atoms with E-state index >= 15 is 0 Å². The van der Waals surface area contributed by atoms with Crippen LogP contribution in [0.4, 0.5) is 0 Å². The van der Waals surface area contributed by atoms with Crippen molar-refractivity contribution < 1.29 is 0 Å². The lowest BCUT2D eigenvalue weighted by molar-refractivity contribution is 0.648. The number of thiocarbonyl (C=S) groups is 2. The Labute approximate surface area is 125 Å². The Hall–Kier alpha value is 1.18. The van der Waals surface area contributed by atoms with E-state index in [9.17, 15) is 0 Å². The van der Waals surface area contributed by atoms with Gasteiger partial charge in [-0.25, -0.2) is 0 Å². The lowest BCUT2D eigenvalue weighted by atomic mass is 11.0. The van der Waals surface area contributed by atoms with Crippen molar-refractivity contribution in [3.05, 3.63) is 0 Å². The molecule has 0 aliphatic rings. The predicted molar refractivity (Wildman–Crippen MR) is 92.7 cm³/mol.